The van der Waals surface area contributed by atoms with Crippen molar-refractivity contribution in [3.8, 4) is 0 Å². The number of hydrogen-bond donors (Lipinski definition) is 1. The van der Waals surface area contributed by atoms with Gasteiger partial charge in [-0.05, 0) is 31.2 Å². The number of rotatable bonds is 3. The predicted octanol–water partition coefficient (Wildman–Crippen LogP) is 3.21. The quantitative estimate of drug-likeness (QED) is 0.924. The van der Waals surface area contributed by atoms with Gasteiger partial charge in [0, 0.05) is 18.7 Å². The first-order valence-electron chi connectivity index (χ1n) is 8.71. The lowest BCUT2D eigenvalue weighted by Crippen LogP contribution is -2.52. The van der Waals surface area contributed by atoms with Gasteiger partial charge in [-0.15, -0.1) is 0 Å². The van der Waals surface area contributed by atoms with Crippen LogP contribution in [-0.2, 0) is 15.0 Å². The van der Waals surface area contributed by atoms with Gasteiger partial charge in [-0.3, -0.25) is 9.59 Å². The number of benzene rings is 1. The molecule has 3 rings (SSSR count). The van der Waals surface area contributed by atoms with Crippen molar-refractivity contribution in [2.24, 2.45) is 11.8 Å². The van der Waals surface area contributed by atoms with E-state index in [4.69, 9.17) is 0 Å². The number of carboxylic acids is 1. The van der Waals surface area contributed by atoms with Gasteiger partial charge in [0.25, 0.3) is 0 Å². The molecular formula is C19H24FNO3. The molecular weight excluding hydrogens is 309 g/mol. The fourth-order valence-corrected chi connectivity index (χ4v) is 4.43. The van der Waals surface area contributed by atoms with Crippen LogP contribution in [0.5, 0.6) is 0 Å². The molecule has 0 spiro atoms. The summed E-state index contributed by atoms with van der Waals surface area (Å²) in [5.41, 5.74) is -0.358. The zero-order valence-corrected chi connectivity index (χ0v) is 14.0. The lowest BCUT2D eigenvalue weighted by Gasteiger charge is -2.40. The van der Waals surface area contributed by atoms with Crippen molar-refractivity contribution in [3.05, 3.63) is 35.6 Å². The summed E-state index contributed by atoms with van der Waals surface area (Å²) in [6, 6.07) is 6.52. The molecule has 0 bridgehead atoms. The normalized spacial score (nSPS) is 26.3. The Balaban J connectivity index is 1.93. The third kappa shape index (κ3) is 2.92. The molecule has 130 valence electrons. The minimum Gasteiger partial charge on any atom is -0.481 e. The molecule has 1 N–H and O–H groups in total. The van der Waals surface area contributed by atoms with E-state index in [0.717, 1.165) is 12.8 Å². The number of likely N-dealkylation sites (tertiary alicyclic amines) is 1. The molecule has 4 nitrogen and oxygen atoms in total. The van der Waals surface area contributed by atoms with Gasteiger partial charge in [-0.1, -0.05) is 38.0 Å². The lowest BCUT2D eigenvalue weighted by molar-refractivity contribution is -0.148. The highest BCUT2D eigenvalue weighted by molar-refractivity contribution is 5.89. The van der Waals surface area contributed by atoms with Gasteiger partial charge in [0.15, 0.2) is 0 Å². The zero-order valence-electron chi connectivity index (χ0n) is 14.0. The SMILES string of the molecule is CC1CC(C(=O)O)CN(C(=O)C2(c3ccccc3F)CCCC2)C1. The molecule has 2 fully saturated rings. The second-order valence-electron chi connectivity index (χ2n) is 7.36. The number of piperidine rings is 1. The molecule has 2 unspecified atom stereocenters. The summed E-state index contributed by atoms with van der Waals surface area (Å²) in [5, 5.41) is 9.35. The first kappa shape index (κ1) is 16.9. The van der Waals surface area contributed by atoms with Crippen LogP contribution in [0.4, 0.5) is 4.39 Å². The Labute approximate surface area is 141 Å². The second-order valence-corrected chi connectivity index (χ2v) is 7.36. The summed E-state index contributed by atoms with van der Waals surface area (Å²) in [5.74, 6) is -1.68. The number of carbonyl (C=O) groups excluding carboxylic acids is 1. The number of carboxylic acid groups (broad SMARTS) is 1. The molecule has 0 radical (unpaired) electrons. The van der Waals surface area contributed by atoms with E-state index in [1.165, 1.54) is 6.07 Å². The van der Waals surface area contributed by atoms with Gasteiger partial charge in [0.2, 0.25) is 5.91 Å². The second kappa shape index (κ2) is 6.54. The highest BCUT2D eigenvalue weighted by Crippen LogP contribution is 2.44. The fourth-order valence-electron chi connectivity index (χ4n) is 4.43. The fraction of sp³-hybridized carbons (Fsp3) is 0.579. The maximum atomic E-state index is 14.4. The van der Waals surface area contributed by atoms with E-state index in [9.17, 15) is 19.1 Å². The van der Waals surface area contributed by atoms with Gasteiger partial charge in [-0.25, -0.2) is 4.39 Å². The molecule has 1 aromatic carbocycles. The Hall–Kier alpha value is -1.91. The largest absolute Gasteiger partial charge is 0.481 e. The molecule has 1 heterocycles. The first-order valence-corrected chi connectivity index (χ1v) is 8.71. The lowest BCUT2D eigenvalue weighted by atomic mass is 9.76. The summed E-state index contributed by atoms with van der Waals surface area (Å²) in [6.07, 6.45) is 3.65. The summed E-state index contributed by atoms with van der Waals surface area (Å²) in [6.45, 7) is 2.76. The number of amides is 1. The maximum Gasteiger partial charge on any atom is 0.308 e. The van der Waals surface area contributed by atoms with Crippen molar-refractivity contribution in [2.45, 2.75) is 44.4 Å². The van der Waals surface area contributed by atoms with Crippen molar-refractivity contribution in [1.29, 1.82) is 0 Å². The molecule has 1 saturated carbocycles. The standard InChI is InChI=1S/C19H24FNO3/c1-13-10-14(17(22)23)12-21(11-13)18(24)19(8-4-5-9-19)15-6-2-3-7-16(15)20/h2-3,6-7,13-14H,4-5,8-12H2,1H3,(H,22,23). The highest BCUT2D eigenvalue weighted by atomic mass is 19.1. The van der Waals surface area contributed by atoms with Crippen molar-refractivity contribution < 1.29 is 19.1 Å². The van der Waals surface area contributed by atoms with Crippen LogP contribution in [0.2, 0.25) is 0 Å². The van der Waals surface area contributed by atoms with Gasteiger partial charge in [0.05, 0.1) is 11.3 Å². The van der Waals surface area contributed by atoms with E-state index < -0.39 is 17.3 Å². The van der Waals surface area contributed by atoms with Crippen molar-refractivity contribution in [2.75, 3.05) is 13.1 Å². The number of hydrogen-bond acceptors (Lipinski definition) is 2. The van der Waals surface area contributed by atoms with Gasteiger partial charge < -0.3 is 10.0 Å². The molecule has 1 saturated heterocycles. The number of carbonyl (C=O) groups is 2. The molecule has 1 aliphatic carbocycles. The van der Waals surface area contributed by atoms with Crippen LogP contribution in [0.3, 0.4) is 0 Å². The van der Waals surface area contributed by atoms with Gasteiger partial charge >= 0.3 is 5.97 Å². The van der Waals surface area contributed by atoms with E-state index >= 15 is 0 Å². The third-order valence-electron chi connectivity index (χ3n) is 5.55. The van der Waals surface area contributed by atoms with Gasteiger partial charge in [0.1, 0.15) is 5.82 Å². The van der Waals surface area contributed by atoms with Crippen LogP contribution in [0.15, 0.2) is 24.3 Å². The van der Waals surface area contributed by atoms with E-state index in [-0.39, 0.29) is 24.2 Å². The van der Waals surface area contributed by atoms with Crippen molar-refractivity contribution in [3.63, 3.8) is 0 Å². The van der Waals surface area contributed by atoms with Crippen LogP contribution in [0.25, 0.3) is 0 Å². The Morgan fingerprint density at radius 3 is 2.50 bits per heavy atom. The van der Waals surface area contributed by atoms with Crippen LogP contribution >= 0.6 is 0 Å². The van der Waals surface area contributed by atoms with E-state index in [2.05, 4.69) is 0 Å². The average Bonchev–Trinajstić information content (AvgIpc) is 3.04. The van der Waals surface area contributed by atoms with Crippen LogP contribution < -0.4 is 0 Å². The first-order chi connectivity index (χ1) is 11.4. The zero-order chi connectivity index (χ0) is 17.3. The van der Waals surface area contributed by atoms with Crippen molar-refractivity contribution in [1.82, 2.24) is 4.90 Å². The Morgan fingerprint density at radius 1 is 1.21 bits per heavy atom. The minimum atomic E-state index is -0.856. The van der Waals surface area contributed by atoms with E-state index in [1.54, 1.807) is 23.1 Å². The highest BCUT2D eigenvalue weighted by Gasteiger charge is 2.48. The Bertz CT molecular complexity index is 639. The van der Waals surface area contributed by atoms with Crippen LogP contribution in [0.1, 0.15) is 44.6 Å². The van der Waals surface area contributed by atoms with Crippen LogP contribution in [-0.4, -0.2) is 35.0 Å². The van der Waals surface area contributed by atoms with E-state index in [0.29, 0.717) is 31.4 Å². The Kier molecular flexibility index (Phi) is 4.61. The topological polar surface area (TPSA) is 57.6 Å². The summed E-state index contributed by atoms with van der Waals surface area (Å²) in [4.78, 5) is 26.4. The predicted molar refractivity (Wildman–Crippen MR) is 88.0 cm³/mol. The summed E-state index contributed by atoms with van der Waals surface area (Å²) < 4.78 is 14.4. The maximum absolute atomic E-state index is 14.4. The average molecular weight is 333 g/mol. The summed E-state index contributed by atoms with van der Waals surface area (Å²) >= 11 is 0. The Morgan fingerprint density at radius 2 is 1.88 bits per heavy atom. The molecule has 2 aliphatic rings. The molecule has 0 aromatic heterocycles. The number of halogens is 1. The van der Waals surface area contributed by atoms with Gasteiger partial charge in [-0.2, -0.15) is 0 Å². The number of nitrogens with zero attached hydrogens (tertiary/aromatic N) is 1. The molecule has 5 heteroatoms. The molecule has 1 aliphatic heterocycles. The summed E-state index contributed by atoms with van der Waals surface area (Å²) in [7, 11) is 0. The molecule has 1 amide bonds. The molecule has 1 aromatic rings. The van der Waals surface area contributed by atoms with Crippen molar-refractivity contribution >= 4 is 11.9 Å². The smallest absolute Gasteiger partial charge is 0.308 e. The van der Waals surface area contributed by atoms with Crippen LogP contribution in [0, 0.1) is 17.7 Å². The number of aliphatic carboxylic acids is 1. The molecule has 2 atom stereocenters. The third-order valence-corrected chi connectivity index (χ3v) is 5.55. The minimum absolute atomic E-state index is 0.0945. The molecule has 24 heavy (non-hydrogen) atoms. The monoisotopic (exact) mass is 333 g/mol. The van der Waals surface area contributed by atoms with E-state index in [1.807, 2.05) is 6.92 Å².